The molecule has 1 saturated carbocycles. The molecular weight excluding hydrogens is 252 g/mol. The second-order valence-corrected chi connectivity index (χ2v) is 5.93. The molecule has 0 amide bonds. The van der Waals surface area contributed by atoms with Crippen LogP contribution in [0.25, 0.3) is 0 Å². The largest absolute Gasteiger partial charge is 0.481 e. The van der Waals surface area contributed by atoms with Gasteiger partial charge < -0.3 is 15.0 Å². The Morgan fingerprint density at radius 1 is 1.35 bits per heavy atom. The van der Waals surface area contributed by atoms with Crippen LogP contribution in [-0.2, 0) is 0 Å². The molecule has 2 aliphatic rings. The Morgan fingerprint density at radius 2 is 2.20 bits per heavy atom. The Balaban J connectivity index is 1.79. The van der Waals surface area contributed by atoms with E-state index in [2.05, 4.69) is 27.1 Å². The van der Waals surface area contributed by atoms with Crippen LogP contribution in [-0.4, -0.2) is 42.8 Å². The van der Waals surface area contributed by atoms with Crippen LogP contribution in [0.15, 0.2) is 6.33 Å². The van der Waals surface area contributed by atoms with Gasteiger partial charge in [-0.1, -0.05) is 0 Å². The third-order valence-electron chi connectivity index (χ3n) is 4.32. The maximum absolute atomic E-state index is 5.34. The van der Waals surface area contributed by atoms with Gasteiger partial charge in [-0.3, -0.25) is 0 Å². The van der Waals surface area contributed by atoms with Crippen LogP contribution in [0, 0.1) is 12.8 Å². The van der Waals surface area contributed by atoms with Crippen molar-refractivity contribution in [2.24, 2.45) is 5.92 Å². The number of hydrogen-bond acceptors (Lipinski definition) is 5. The first-order valence-electron chi connectivity index (χ1n) is 7.62. The predicted molar refractivity (Wildman–Crippen MR) is 79.3 cm³/mol. The molecule has 5 nitrogen and oxygen atoms in total. The summed E-state index contributed by atoms with van der Waals surface area (Å²) in [4.78, 5) is 11.2. The first-order chi connectivity index (χ1) is 9.79. The summed E-state index contributed by atoms with van der Waals surface area (Å²) in [6, 6.07) is 0.662. The van der Waals surface area contributed by atoms with Crippen molar-refractivity contribution in [1.82, 2.24) is 15.3 Å². The lowest BCUT2D eigenvalue weighted by atomic mass is 9.99. The predicted octanol–water partition coefficient (Wildman–Crippen LogP) is 1.76. The van der Waals surface area contributed by atoms with E-state index in [0.717, 1.165) is 30.4 Å². The van der Waals surface area contributed by atoms with E-state index in [1.54, 1.807) is 13.4 Å². The molecule has 1 saturated heterocycles. The van der Waals surface area contributed by atoms with Gasteiger partial charge in [-0.05, 0) is 51.6 Å². The third-order valence-corrected chi connectivity index (χ3v) is 4.32. The number of nitrogens with one attached hydrogen (secondary N) is 1. The average Bonchev–Trinajstić information content (AvgIpc) is 3.31. The molecule has 1 aliphatic heterocycles. The molecule has 1 atom stereocenters. The molecule has 0 bridgehead atoms. The summed E-state index contributed by atoms with van der Waals surface area (Å²) in [6.45, 7) is 5.45. The minimum Gasteiger partial charge on any atom is -0.481 e. The molecule has 0 aromatic carbocycles. The number of anilines is 1. The summed E-state index contributed by atoms with van der Waals surface area (Å²) in [5.41, 5.74) is 1.06. The van der Waals surface area contributed by atoms with Crippen molar-refractivity contribution in [3.05, 3.63) is 11.9 Å². The number of hydrogen-bond donors (Lipinski definition) is 1. The zero-order chi connectivity index (χ0) is 13.9. The van der Waals surface area contributed by atoms with Gasteiger partial charge in [-0.15, -0.1) is 0 Å². The lowest BCUT2D eigenvalue weighted by Crippen LogP contribution is -2.40. The van der Waals surface area contributed by atoms with Gasteiger partial charge in [0, 0.05) is 12.6 Å². The van der Waals surface area contributed by atoms with Gasteiger partial charge in [0.15, 0.2) is 0 Å². The highest BCUT2D eigenvalue weighted by molar-refractivity contribution is 5.52. The molecule has 1 aliphatic carbocycles. The number of piperidine rings is 1. The van der Waals surface area contributed by atoms with E-state index in [9.17, 15) is 0 Å². The monoisotopic (exact) mass is 276 g/mol. The maximum Gasteiger partial charge on any atom is 0.221 e. The SMILES string of the molecule is COc1ncnc(N(CC2CCCNC2)C2CC2)c1C. The lowest BCUT2D eigenvalue weighted by molar-refractivity contribution is 0.373. The highest BCUT2D eigenvalue weighted by atomic mass is 16.5. The van der Waals surface area contributed by atoms with E-state index in [1.807, 2.05) is 0 Å². The summed E-state index contributed by atoms with van der Waals surface area (Å²) in [6.07, 6.45) is 6.79. The second kappa shape index (κ2) is 5.95. The van der Waals surface area contributed by atoms with Gasteiger partial charge in [-0.25, -0.2) is 9.97 Å². The zero-order valence-corrected chi connectivity index (χ0v) is 12.4. The van der Waals surface area contributed by atoms with Crippen molar-refractivity contribution in [3.8, 4) is 5.88 Å². The van der Waals surface area contributed by atoms with Crippen LogP contribution >= 0.6 is 0 Å². The van der Waals surface area contributed by atoms with Crippen molar-refractivity contribution in [3.63, 3.8) is 0 Å². The quantitative estimate of drug-likeness (QED) is 0.888. The summed E-state index contributed by atoms with van der Waals surface area (Å²) < 4.78 is 5.34. The topological polar surface area (TPSA) is 50.3 Å². The van der Waals surface area contributed by atoms with Crippen molar-refractivity contribution < 1.29 is 4.74 Å². The minimum absolute atomic E-state index is 0.662. The first kappa shape index (κ1) is 13.6. The first-order valence-corrected chi connectivity index (χ1v) is 7.62. The molecule has 1 unspecified atom stereocenters. The molecule has 110 valence electrons. The number of rotatable bonds is 5. The highest BCUT2D eigenvalue weighted by Crippen LogP contribution is 2.35. The molecule has 1 N–H and O–H groups in total. The van der Waals surface area contributed by atoms with Crippen molar-refractivity contribution in [2.45, 2.75) is 38.6 Å². The normalized spacial score (nSPS) is 22.6. The fourth-order valence-electron chi connectivity index (χ4n) is 3.07. The van der Waals surface area contributed by atoms with E-state index >= 15 is 0 Å². The lowest BCUT2D eigenvalue weighted by Gasteiger charge is -2.32. The van der Waals surface area contributed by atoms with Crippen molar-refractivity contribution in [1.29, 1.82) is 0 Å². The minimum atomic E-state index is 0.662. The van der Waals surface area contributed by atoms with Crippen LogP contribution in [0.2, 0.25) is 0 Å². The van der Waals surface area contributed by atoms with Gasteiger partial charge in [-0.2, -0.15) is 0 Å². The van der Waals surface area contributed by atoms with Crippen molar-refractivity contribution >= 4 is 5.82 Å². The van der Waals surface area contributed by atoms with Crippen LogP contribution in [0.1, 0.15) is 31.2 Å². The average molecular weight is 276 g/mol. The van der Waals surface area contributed by atoms with Gasteiger partial charge in [0.2, 0.25) is 5.88 Å². The fraction of sp³-hybridized carbons (Fsp3) is 0.733. The molecule has 1 aromatic heterocycles. The second-order valence-electron chi connectivity index (χ2n) is 5.93. The van der Waals surface area contributed by atoms with Crippen LogP contribution in [0.3, 0.4) is 0 Å². The standard InChI is InChI=1S/C15H24N4O/c1-11-14(17-10-18-15(11)20-2)19(13-5-6-13)9-12-4-3-7-16-8-12/h10,12-13,16H,3-9H2,1-2H3. The van der Waals surface area contributed by atoms with Gasteiger partial charge in [0.05, 0.1) is 12.7 Å². The molecular formula is C15H24N4O. The molecule has 0 radical (unpaired) electrons. The number of aromatic nitrogens is 2. The van der Waals surface area contributed by atoms with Crippen LogP contribution in [0.4, 0.5) is 5.82 Å². The Hall–Kier alpha value is -1.36. The van der Waals surface area contributed by atoms with Crippen LogP contribution in [0.5, 0.6) is 5.88 Å². The Morgan fingerprint density at radius 3 is 2.85 bits per heavy atom. The Labute approximate surface area is 120 Å². The molecule has 2 fully saturated rings. The zero-order valence-electron chi connectivity index (χ0n) is 12.4. The van der Waals surface area contributed by atoms with E-state index in [1.165, 1.54) is 32.2 Å². The molecule has 1 aromatic rings. The van der Waals surface area contributed by atoms with E-state index in [4.69, 9.17) is 4.74 Å². The fourth-order valence-corrected chi connectivity index (χ4v) is 3.07. The van der Waals surface area contributed by atoms with Gasteiger partial charge in [0.1, 0.15) is 12.1 Å². The number of nitrogens with zero attached hydrogens (tertiary/aromatic N) is 3. The number of methoxy groups -OCH3 is 1. The van der Waals surface area contributed by atoms with Crippen molar-refractivity contribution in [2.75, 3.05) is 31.6 Å². The molecule has 3 rings (SSSR count). The van der Waals surface area contributed by atoms with Crippen LogP contribution < -0.4 is 15.0 Å². The Bertz CT molecular complexity index is 455. The van der Waals surface area contributed by atoms with Gasteiger partial charge >= 0.3 is 0 Å². The third kappa shape index (κ3) is 2.87. The smallest absolute Gasteiger partial charge is 0.221 e. The molecule has 5 heteroatoms. The maximum atomic E-state index is 5.34. The van der Waals surface area contributed by atoms with E-state index in [-0.39, 0.29) is 0 Å². The Kier molecular flexibility index (Phi) is 4.05. The molecule has 2 heterocycles. The highest BCUT2D eigenvalue weighted by Gasteiger charge is 2.33. The molecule has 0 spiro atoms. The summed E-state index contributed by atoms with van der Waals surface area (Å²) in [5.74, 6) is 2.48. The van der Waals surface area contributed by atoms with E-state index < -0.39 is 0 Å². The number of ether oxygens (including phenoxy) is 1. The summed E-state index contributed by atoms with van der Waals surface area (Å²) in [7, 11) is 1.67. The summed E-state index contributed by atoms with van der Waals surface area (Å²) in [5, 5.41) is 3.50. The molecule has 20 heavy (non-hydrogen) atoms. The summed E-state index contributed by atoms with van der Waals surface area (Å²) >= 11 is 0. The van der Waals surface area contributed by atoms with E-state index in [0.29, 0.717) is 11.9 Å². The van der Waals surface area contributed by atoms with Gasteiger partial charge in [0.25, 0.3) is 0 Å².